The highest BCUT2D eigenvalue weighted by atomic mass is 16.2. The topological polar surface area (TPSA) is 40.6 Å². The molecular formula is C16H20N2O2. The van der Waals surface area contributed by atoms with Crippen LogP contribution in [0.15, 0.2) is 30.3 Å². The summed E-state index contributed by atoms with van der Waals surface area (Å²) in [6.45, 7) is 4.84. The summed E-state index contributed by atoms with van der Waals surface area (Å²) in [5, 5.41) is 0. The molecule has 20 heavy (non-hydrogen) atoms. The van der Waals surface area contributed by atoms with Crippen molar-refractivity contribution in [1.29, 1.82) is 0 Å². The molecule has 0 N–H and O–H groups in total. The minimum Gasteiger partial charge on any atom is -0.343 e. The number of hydrogen-bond donors (Lipinski definition) is 0. The van der Waals surface area contributed by atoms with Gasteiger partial charge in [-0.2, -0.15) is 0 Å². The third-order valence-corrected chi connectivity index (χ3v) is 4.53. The SMILES string of the molecule is CCN1CCC2(CC1=O)CN(Cc1ccccc1)C2=O. The van der Waals surface area contributed by atoms with Crippen LogP contribution in [0.3, 0.4) is 0 Å². The van der Waals surface area contributed by atoms with E-state index in [2.05, 4.69) is 0 Å². The third kappa shape index (κ3) is 2.09. The van der Waals surface area contributed by atoms with Crippen LogP contribution in [-0.2, 0) is 16.1 Å². The molecule has 0 radical (unpaired) electrons. The summed E-state index contributed by atoms with van der Waals surface area (Å²) < 4.78 is 0. The Bertz CT molecular complexity index is 529. The summed E-state index contributed by atoms with van der Waals surface area (Å²) in [5.41, 5.74) is 0.755. The Morgan fingerprint density at radius 1 is 1.15 bits per heavy atom. The van der Waals surface area contributed by atoms with Gasteiger partial charge in [-0.05, 0) is 18.9 Å². The smallest absolute Gasteiger partial charge is 0.231 e. The van der Waals surface area contributed by atoms with E-state index in [1.807, 2.05) is 47.1 Å². The molecular weight excluding hydrogens is 252 g/mol. The first kappa shape index (κ1) is 13.2. The summed E-state index contributed by atoms with van der Waals surface area (Å²) in [6.07, 6.45) is 1.21. The molecule has 0 aromatic heterocycles. The Kier molecular flexibility index (Phi) is 3.24. The first-order chi connectivity index (χ1) is 9.64. The standard InChI is InChI=1S/C16H20N2O2/c1-2-17-9-8-16(10-14(17)19)12-18(15(16)20)11-13-6-4-3-5-7-13/h3-7H,2,8-12H2,1H3. The Hall–Kier alpha value is -1.84. The average Bonchev–Trinajstić information content (AvgIpc) is 2.48. The summed E-state index contributed by atoms with van der Waals surface area (Å²) >= 11 is 0. The fourth-order valence-electron chi connectivity index (χ4n) is 3.30. The van der Waals surface area contributed by atoms with Crippen molar-refractivity contribution in [3.05, 3.63) is 35.9 Å². The minimum atomic E-state index is -0.391. The monoisotopic (exact) mass is 272 g/mol. The first-order valence-corrected chi connectivity index (χ1v) is 7.26. The van der Waals surface area contributed by atoms with E-state index in [0.717, 1.165) is 31.6 Å². The lowest BCUT2D eigenvalue weighted by molar-refractivity contribution is -0.171. The number of hydrogen-bond acceptors (Lipinski definition) is 2. The minimum absolute atomic E-state index is 0.131. The molecule has 0 saturated carbocycles. The van der Waals surface area contributed by atoms with Crippen molar-refractivity contribution in [1.82, 2.24) is 9.80 Å². The van der Waals surface area contributed by atoms with Crippen molar-refractivity contribution < 1.29 is 9.59 Å². The quantitative estimate of drug-likeness (QED) is 0.785. The number of carbonyl (C=O) groups excluding carboxylic acids is 2. The lowest BCUT2D eigenvalue weighted by Gasteiger charge is -2.52. The number of benzene rings is 1. The van der Waals surface area contributed by atoms with Gasteiger partial charge in [0.25, 0.3) is 0 Å². The van der Waals surface area contributed by atoms with Crippen LogP contribution < -0.4 is 0 Å². The van der Waals surface area contributed by atoms with Crippen molar-refractivity contribution in [2.45, 2.75) is 26.3 Å². The molecule has 0 bridgehead atoms. The van der Waals surface area contributed by atoms with Crippen LogP contribution in [0, 0.1) is 5.41 Å². The summed E-state index contributed by atoms with van der Waals surface area (Å²) in [7, 11) is 0. The van der Waals surface area contributed by atoms with Crippen LogP contribution in [0.4, 0.5) is 0 Å². The highest BCUT2D eigenvalue weighted by Gasteiger charge is 2.54. The van der Waals surface area contributed by atoms with E-state index in [1.54, 1.807) is 0 Å². The maximum atomic E-state index is 12.4. The van der Waals surface area contributed by atoms with Gasteiger partial charge in [0.2, 0.25) is 11.8 Å². The molecule has 4 heteroatoms. The van der Waals surface area contributed by atoms with Crippen molar-refractivity contribution in [3.63, 3.8) is 0 Å². The van der Waals surface area contributed by atoms with Crippen LogP contribution in [-0.4, -0.2) is 41.2 Å². The van der Waals surface area contributed by atoms with Crippen molar-refractivity contribution >= 4 is 11.8 Å². The number of carbonyl (C=O) groups is 2. The van der Waals surface area contributed by atoms with E-state index in [9.17, 15) is 9.59 Å². The average molecular weight is 272 g/mol. The summed E-state index contributed by atoms with van der Waals surface area (Å²) in [6, 6.07) is 10.0. The lowest BCUT2D eigenvalue weighted by Crippen LogP contribution is -2.65. The zero-order chi connectivity index (χ0) is 14.2. The second-order valence-electron chi connectivity index (χ2n) is 5.83. The van der Waals surface area contributed by atoms with Gasteiger partial charge in [0.05, 0.1) is 5.41 Å². The van der Waals surface area contributed by atoms with Crippen molar-refractivity contribution in [2.24, 2.45) is 5.41 Å². The second kappa shape index (κ2) is 4.93. The van der Waals surface area contributed by atoms with Gasteiger partial charge in [-0.1, -0.05) is 30.3 Å². The molecule has 0 aliphatic carbocycles. The van der Waals surface area contributed by atoms with E-state index < -0.39 is 5.41 Å². The van der Waals surface area contributed by atoms with Gasteiger partial charge in [0.1, 0.15) is 0 Å². The van der Waals surface area contributed by atoms with Gasteiger partial charge < -0.3 is 9.80 Å². The molecule has 1 aromatic carbocycles. The van der Waals surface area contributed by atoms with E-state index in [-0.39, 0.29) is 11.8 Å². The molecule has 2 aliphatic heterocycles. The molecule has 1 spiro atoms. The number of amides is 2. The molecule has 3 rings (SSSR count). The molecule has 2 aliphatic rings. The number of piperidine rings is 1. The molecule has 2 amide bonds. The largest absolute Gasteiger partial charge is 0.343 e. The molecule has 4 nitrogen and oxygen atoms in total. The summed E-state index contributed by atoms with van der Waals surface area (Å²) in [5.74, 6) is 0.289. The van der Waals surface area contributed by atoms with E-state index in [0.29, 0.717) is 13.0 Å². The molecule has 1 aromatic rings. The Balaban J connectivity index is 1.63. The summed E-state index contributed by atoms with van der Waals surface area (Å²) in [4.78, 5) is 28.1. The fourth-order valence-corrected chi connectivity index (χ4v) is 3.30. The normalized spacial score (nSPS) is 26.1. The van der Waals surface area contributed by atoms with Gasteiger partial charge in [0.15, 0.2) is 0 Å². The van der Waals surface area contributed by atoms with Crippen LogP contribution in [0.2, 0.25) is 0 Å². The third-order valence-electron chi connectivity index (χ3n) is 4.53. The predicted molar refractivity (Wildman–Crippen MR) is 75.8 cm³/mol. The van der Waals surface area contributed by atoms with E-state index in [1.165, 1.54) is 0 Å². The Morgan fingerprint density at radius 3 is 2.50 bits per heavy atom. The number of β-lactam (4-membered cyclic amide) rings is 1. The van der Waals surface area contributed by atoms with E-state index in [4.69, 9.17) is 0 Å². The highest BCUT2D eigenvalue weighted by Crippen LogP contribution is 2.42. The molecule has 106 valence electrons. The van der Waals surface area contributed by atoms with Crippen molar-refractivity contribution in [2.75, 3.05) is 19.6 Å². The van der Waals surface area contributed by atoms with Crippen LogP contribution in [0.5, 0.6) is 0 Å². The number of rotatable bonds is 3. The van der Waals surface area contributed by atoms with Crippen molar-refractivity contribution in [3.8, 4) is 0 Å². The van der Waals surface area contributed by atoms with E-state index >= 15 is 0 Å². The zero-order valence-corrected chi connectivity index (χ0v) is 11.8. The van der Waals surface area contributed by atoms with Gasteiger partial charge in [-0.3, -0.25) is 9.59 Å². The maximum Gasteiger partial charge on any atom is 0.231 e. The molecule has 2 saturated heterocycles. The maximum absolute atomic E-state index is 12.4. The first-order valence-electron chi connectivity index (χ1n) is 7.26. The van der Waals surface area contributed by atoms with Gasteiger partial charge in [0, 0.05) is 32.6 Å². The zero-order valence-electron chi connectivity index (χ0n) is 11.8. The van der Waals surface area contributed by atoms with Crippen LogP contribution >= 0.6 is 0 Å². The number of likely N-dealkylation sites (tertiary alicyclic amines) is 2. The Morgan fingerprint density at radius 2 is 1.90 bits per heavy atom. The van der Waals surface area contributed by atoms with Gasteiger partial charge in [-0.15, -0.1) is 0 Å². The fraction of sp³-hybridized carbons (Fsp3) is 0.500. The number of nitrogens with zero attached hydrogens (tertiary/aromatic N) is 2. The van der Waals surface area contributed by atoms with Crippen LogP contribution in [0.1, 0.15) is 25.3 Å². The Labute approximate surface area is 119 Å². The lowest BCUT2D eigenvalue weighted by atomic mass is 9.70. The van der Waals surface area contributed by atoms with Crippen LogP contribution in [0.25, 0.3) is 0 Å². The van der Waals surface area contributed by atoms with Gasteiger partial charge in [-0.25, -0.2) is 0 Å². The predicted octanol–water partition coefficient (Wildman–Crippen LogP) is 1.66. The highest BCUT2D eigenvalue weighted by molar-refractivity contribution is 5.94. The molecule has 2 fully saturated rings. The molecule has 1 unspecified atom stereocenters. The molecule has 1 atom stereocenters. The van der Waals surface area contributed by atoms with Gasteiger partial charge >= 0.3 is 0 Å². The second-order valence-corrected chi connectivity index (χ2v) is 5.83. The molecule has 2 heterocycles.